The third-order valence-corrected chi connectivity index (χ3v) is 4.73. The molecule has 0 aliphatic heterocycles. The Labute approximate surface area is 183 Å². The van der Waals surface area contributed by atoms with E-state index in [1.54, 1.807) is 46.9 Å². The lowest BCUT2D eigenvalue weighted by molar-refractivity contribution is 0.0779. The molecule has 0 radical (unpaired) electrons. The average Bonchev–Trinajstić information content (AvgIpc) is 3.14. The number of nitrogens with zero attached hydrogens (tertiary/aromatic N) is 1. The van der Waals surface area contributed by atoms with Gasteiger partial charge in [-0.2, -0.15) is 0 Å². The average molecular weight is 428 g/mol. The number of H-pyrrole nitrogens is 1. The molecule has 1 aromatic heterocycles. The molecule has 0 aliphatic rings. The van der Waals surface area contributed by atoms with Crippen LogP contribution >= 0.6 is 0 Å². The number of carbonyl (C=O) groups is 1. The van der Waals surface area contributed by atoms with Gasteiger partial charge in [0.2, 0.25) is 0 Å². The predicted octanol–water partition coefficient (Wildman–Crippen LogP) is 2.85. The summed E-state index contributed by atoms with van der Waals surface area (Å²) in [5, 5.41) is 2.90. The number of rotatable bonds is 11. The highest BCUT2D eigenvalue weighted by molar-refractivity contribution is 5.97. The Kier molecular flexibility index (Phi) is 9.13. The van der Waals surface area contributed by atoms with Crippen LogP contribution in [0.2, 0.25) is 0 Å². The first-order valence-electron chi connectivity index (χ1n) is 9.67. The molecule has 166 valence electrons. The first kappa shape index (κ1) is 24.0. The third kappa shape index (κ3) is 6.10. The quantitative estimate of drug-likeness (QED) is 0.425. The number of hydrogen-bond acceptors (Lipinski definition) is 6. The molecule has 2 N–H and O–H groups in total. The number of ether oxygens (including phenoxy) is 4. The Morgan fingerprint density at radius 3 is 2.45 bits per heavy atom. The molecular weight excluding hydrogens is 398 g/mol. The molecule has 2 aromatic rings. The number of hydrogen-bond donors (Lipinski definition) is 2. The molecule has 31 heavy (non-hydrogen) atoms. The highest BCUT2D eigenvalue weighted by Crippen LogP contribution is 2.30. The summed E-state index contributed by atoms with van der Waals surface area (Å²) in [6.45, 7) is 2.52. The molecule has 8 heteroatoms. The Bertz CT molecular complexity index is 939. The van der Waals surface area contributed by atoms with Gasteiger partial charge in [-0.1, -0.05) is 12.0 Å². The first-order chi connectivity index (χ1) is 15.0. The van der Waals surface area contributed by atoms with Crippen molar-refractivity contribution in [3.05, 3.63) is 41.1 Å². The van der Waals surface area contributed by atoms with E-state index in [0.29, 0.717) is 41.7 Å². The second-order valence-electron chi connectivity index (χ2n) is 6.79. The summed E-state index contributed by atoms with van der Waals surface area (Å²) in [5.74, 6) is 3.86. The van der Waals surface area contributed by atoms with E-state index in [1.807, 2.05) is 19.1 Å². The smallest absolute Gasteiger partial charge is 0.253 e. The van der Waals surface area contributed by atoms with Crippen molar-refractivity contribution in [1.29, 1.82) is 0 Å². The van der Waals surface area contributed by atoms with Gasteiger partial charge in [0.05, 0.1) is 45.0 Å². The van der Waals surface area contributed by atoms with Crippen LogP contribution in [-0.2, 0) is 9.47 Å². The van der Waals surface area contributed by atoms with Crippen LogP contribution in [-0.4, -0.2) is 64.8 Å². The van der Waals surface area contributed by atoms with Crippen LogP contribution in [0, 0.1) is 19.3 Å². The SMILES string of the molecule is C#CC(/C=N\c1[nH]cc(C(=O)NC(COC)COC)c1C)c1ccc(OC)c(OC)c1. The van der Waals surface area contributed by atoms with Crippen LogP contribution in [0.4, 0.5) is 5.82 Å². The molecule has 0 aliphatic carbocycles. The molecule has 1 heterocycles. The fraction of sp³-hybridized carbons (Fsp3) is 0.391. The van der Waals surface area contributed by atoms with E-state index in [9.17, 15) is 4.79 Å². The Balaban J connectivity index is 2.18. The molecule has 0 fully saturated rings. The fourth-order valence-corrected chi connectivity index (χ4v) is 3.07. The van der Waals surface area contributed by atoms with E-state index in [-0.39, 0.29) is 17.9 Å². The van der Waals surface area contributed by atoms with E-state index in [4.69, 9.17) is 25.4 Å². The largest absolute Gasteiger partial charge is 0.493 e. The maximum absolute atomic E-state index is 12.6. The number of amides is 1. The normalized spacial score (nSPS) is 12.0. The minimum atomic E-state index is -0.382. The second kappa shape index (κ2) is 11.8. The summed E-state index contributed by atoms with van der Waals surface area (Å²) in [4.78, 5) is 20.1. The Morgan fingerprint density at radius 2 is 1.87 bits per heavy atom. The van der Waals surface area contributed by atoms with E-state index >= 15 is 0 Å². The Morgan fingerprint density at radius 1 is 1.19 bits per heavy atom. The Hall–Kier alpha value is -3.28. The summed E-state index contributed by atoms with van der Waals surface area (Å²) in [6, 6.07) is 5.23. The number of aliphatic imine (C=N–C) groups is 1. The molecule has 0 saturated carbocycles. The van der Waals surface area contributed by atoms with Gasteiger partial charge in [0.1, 0.15) is 5.82 Å². The second-order valence-corrected chi connectivity index (χ2v) is 6.79. The van der Waals surface area contributed by atoms with Crippen LogP contribution in [0.15, 0.2) is 29.4 Å². The van der Waals surface area contributed by atoms with Gasteiger partial charge in [-0.05, 0) is 24.6 Å². The molecule has 0 saturated heterocycles. The van der Waals surface area contributed by atoms with Crippen molar-refractivity contribution in [3.63, 3.8) is 0 Å². The topological polar surface area (TPSA) is 94.2 Å². The number of aromatic nitrogens is 1. The minimum absolute atomic E-state index is 0.234. The van der Waals surface area contributed by atoms with Crippen LogP contribution in [0.5, 0.6) is 11.5 Å². The highest BCUT2D eigenvalue weighted by Gasteiger charge is 2.18. The first-order valence-corrected chi connectivity index (χ1v) is 9.67. The molecule has 1 amide bonds. The zero-order valence-corrected chi connectivity index (χ0v) is 18.5. The van der Waals surface area contributed by atoms with E-state index in [1.165, 1.54) is 0 Å². The van der Waals surface area contributed by atoms with Gasteiger partial charge in [0, 0.05) is 32.2 Å². The summed E-state index contributed by atoms with van der Waals surface area (Å²) in [5.41, 5.74) is 2.05. The van der Waals surface area contributed by atoms with E-state index in [2.05, 4.69) is 21.2 Å². The van der Waals surface area contributed by atoms with Gasteiger partial charge < -0.3 is 29.2 Å². The van der Waals surface area contributed by atoms with Crippen LogP contribution < -0.4 is 14.8 Å². The van der Waals surface area contributed by atoms with Gasteiger partial charge in [-0.3, -0.25) is 4.79 Å². The van der Waals surface area contributed by atoms with Crippen molar-refractivity contribution in [1.82, 2.24) is 10.3 Å². The lowest BCUT2D eigenvalue weighted by Gasteiger charge is -2.16. The molecule has 1 atom stereocenters. The lowest BCUT2D eigenvalue weighted by atomic mass is 10.0. The number of terminal acetylenes is 1. The number of carbonyl (C=O) groups excluding carboxylic acids is 1. The van der Waals surface area contributed by atoms with Crippen molar-refractivity contribution in [2.45, 2.75) is 18.9 Å². The molecular formula is C23H29N3O5. The fourth-order valence-electron chi connectivity index (χ4n) is 3.07. The standard InChI is InChI=1S/C23H29N3O5/c1-7-16(17-8-9-20(30-5)21(10-17)31-6)11-24-22-15(2)19(12-25-22)23(27)26-18(13-28-3)14-29-4/h1,8-12,16,18,25H,13-14H2,2-6H3,(H,26,27)/b24-11-. The number of benzene rings is 1. The van der Waals surface area contributed by atoms with Crippen LogP contribution in [0.1, 0.15) is 27.4 Å². The highest BCUT2D eigenvalue weighted by atomic mass is 16.5. The van der Waals surface area contributed by atoms with Crippen molar-refractivity contribution in [2.24, 2.45) is 4.99 Å². The van der Waals surface area contributed by atoms with Gasteiger partial charge in [0.25, 0.3) is 5.91 Å². The third-order valence-electron chi connectivity index (χ3n) is 4.73. The van der Waals surface area contributed by atoms with Gasteiger partial charge in [-0.25, -0.2) is 4.99 Å². The number of aromatic amines is 1. The molecule has 8 nitrogen and oxygen atoms in total. The maximum atomic E-state index is 12.6. The molecule has 0 bridgehead atoms. The monoisotopic (exact) mass is 427 g/mol. The van der Waals surface area contributed by atoms with Gasteiger partial charge in [0.15, 0.2) is 11.5 Å². The van der Waals surface area contributed by atoms with Crippen LogP contribution in [0.3, 0.4) is 0 Å². The number of nitrogens with one attached hydrogen (secondary N) is 2. The molecule has 1 aromatic carbocycles. The summed E-state index contributed by atoms with van der Waals surface area (Å²) in [7, 11) is 6.29. The zero-order chi connectivity index (χ0) is 22.8. The summed E-state index contributed by atoms with van der Waals surface area (Å²) in [6.07, 6.45) is 9.00. The van der Waals surface area contributed by atoms with Gasteiger partial charge >= 0.3 is 0 Å². The van der Waals surface area contributed by atoms with E-state index in [0.717, 1.165) is 5.56 Å². The van der Waals surface area contributed by atoms with Crippen LogP contribution in [0.25, 0.3) is 0 Å². The maximum Gasteiger partial charge on any atom is 0.253 e. The van der Waals surface area contributed by atoms with Crippen molar-refractivity contribution >= 4 is 17.9 Å². The lowest BCUT2D eigenvalue weighted by Crippen LogP contribution is -2.41. The minimum Gasteiger partial charge on any atom is -0.493 e. The van der Waals surface area contributed by atoms with Crippen molar-refractivity contribution in [2.75, 3.05) is 41.7 Å². The zero-order valence-electron chi connectivity index (χ0n) is 18.5. The van der Waals surface area contributed by atoms with E-state index < -0.39 is 0 Å². The number of methoxy groups -OCH3 is 4. The van der Waals surface area contributed by atoms with Crippen molar-refractivity contribution < 1.29 is 23.7 Å². The molecule has 2 rings (SSSR count). The summed E-state index contributed by atoms with van der Waals surface area (Å²) < 4.78 is 20.8. The summed E-state index contributed by atoms with van der Waals surface area (Å²) >= 11 is 0. The van der Waals surface area contributed by atoms with Crippen molar-refractivity contribution in [3.8, 4) is 23.8 Å². The van der Waals surface area contributed by atoms with Gasteiger partial charge in [-0.15, -0.1) is 6.42 Å². The predicted molar refractivity (Wildman–Crippen MR) is 120 cm³/mol. The molecule has 0 spiro atoms. The molecule has 1 unspecified atom stereocenters.